The molecule has 2 aromatic rings. The monoisotopic (exact) mass is 373 g/mol. The molecule has 0 aliphatic carbocycles. The number of carbonyl (C=O) groups excluding carboxylic acids is 1. The Kier molecular flexibility index (Phi) is 5.93. The van der Waals surface area contributed by atoms with Gasteiger partial charge in [0.15, 0.2) is 5.82 Å². The first kappa shape index (κ1) is 19.1. The zero-order valence-electron chi connectivity index (χ0n) is 16.4. The summed E-state index contributed by atoms with van der Waals surface area (Å²) < 4.78 is 11.1. The Morgan fingerprint density at radius 1 is 1.33 bits per heavy atom. The van der Waals surface area contributed by atoms with Gasteiger partial charge in [0.05, 0.1) is 12.2 Å². The van der Waals surface area contributed by atoms with E-state index in [-0.39, 0.29) is 12.0 Å². The number of hydrogen-bond donors (Lipinski definition) is 0. The van der Waals surface area contributed by atoms with Crippen LogP contribution in [0.1, 0.15) is 36.3 Å². The smallest absolute Gasteiger partial charge is 0.233 e. The molecule has 27 heavy (non-hydrogen) atoms. The highest BCUT2D eigenvalue weighted by atomic mass is 16.5. The van der Waals surface area contributed by atoms with Crippen molar-refractivity contribution >= 4 is 11.7 Å². The third kappa shape index (κ3) is 4.75. The second-order valence-corrected chi connectivity index (χ2v) is 7.15. The molecule has 146 valence electrons. The Hall–Kier alpha value is -2.64. The number of hydrogen-bond acceptors (Lipinski definition) is 7. The van der Waals surface area contributed by atoms with Gasteiger partial charge in [-0.2, -0.15) is 0 Å². The highest BCUT2D eigenvalue weighted by Gasteiger charge is 2.25. The van der Waals surface area contributed by atoms with Gasteiger partial charge < -0.3 is 19.1 Å². The Balaban J connectivity index is 1.53. The predicted octanol–water partition coefficient (Wildman–Crippen LogP) is 2.15. The van der Waals surface area contributed by atoms with Gasteiger partial charge >= 0.3 is 0 Å². The minimum atomic E-state index is -0.0544. The van der Waals surface area contributed by atoms with Gasteiger partial charge in [0, 0.05) is 38.7 Å². The zero-order valence-corrected chi connectivity index (χ0v) is 16.4. The van der Waals surface area contributed by atoms with Crippen molar-refractivity contribution in [2.24, 2.45) is 0 Å². The molecule has 8 heteroatoms. The quantitative estimate of drug-likeness (QED) is 0.767. The Labute approximate surface area is 159 Å². The van der Waals surface area contributed by atoms with Crippen molar-refractivity contribution in [3.05, 3.63) is 29.2 Å². The third-order valence-electron chi connectivity index (χ3n) is 4.87. The summed E-state index contributed by atoms with van der Waals surface area (Å²) in [6.45, 7) is 5.14. The van der Waals surface area contributed by atoms with Gasteiger partial charge in [-0.1, -0.05) is 5.16 Å². The van der Waals surface area contributed by atoms with E-state index in [1.54, 1.807) is 0 Å². The van der Waals surface area contributed by atoms with Crippen LogP contribution in [0.2, 0.25) is 0 Å². The second kappa shape index (κ2) is 8.37. The van der Waals surface area contributed by atoms with Crippen molar-refractivity contribution in [2.75, 3.05) is 32.1 Å². The lowest BCUT2D eigenvalue weighted by molar-refractivity contribution is -0.133. The van der Waals surface area contributed by atoms with Crippen molar-refractivity contribution in [1.29, 1.82) is 0 Å². The molecular formula is C19H27N5O3. The number of aryl methyl sites for hydroxylation is 2. The maximum Gasteiger partial charge on any atom is 0.233 e. The van der Waals surface area contributed by atoms with Crippen molar-refractivity contribution in [3.63, 3.8) is 0 Å². The maximum atomic E-state index is 12.6. The lowest BCUT2D eigenvalue weighted by atomic mass is 10.1. The number of ether oxygens (including phenoxy) is 1. The number of likely N-dealkylation sites (tertiary alicyclic amines) is 1. The summed E-state index contributed by atoms with van der Waals surface area (Å²) in [6, 6.07) is 3.69. The van der Waals surface area contributed by atoms with Crippen LogP contribution >= 0.6 is 0 Å². The Bertz CT molecular complexity index is 753. The molecule has 1 aliphatic heterocycles. The topological polar surface area (TPSA) is 84.6 Å². The number of amides is 1. The van der Waals surface area contributed by atoms with E-state index in [0.29, 0.717) is 25.3 Å². The third-order valence-corrected chi connectivity index (χ3v) is 4.87. The van der Waals surface area contributed by atoms with Crippen LogP contribution in [-0.2, 0) is 11.2 Å². The lowest BCUT2D eigenvalue weighted by Gasteiger charge is -2.32. The first-order valence-electron chi connectivity index (χ1n) is 9.31. The molecule has 0 saturated carbocycles. The molecule has 1 amide bonds. The normalized spacial score (nSPS) is 17.0. The highest BCUT2D eigenvalue weighted by Crippen LogP contribution is 2.20. The van der Waals surface area contributed by atoms with E-state index in [2.05, 4.69) is 15.4 Å². The van der Waals surface area contributed by atoms with Crippen LogP contribution in [0.3, 0.4) is 0 Å². The molecular weight excluding hydrogens is 346 g/mol. The van der Waals surface area contributed by atoms with Crippen molar-refractivity contribution in [1.82, 2.24) is 20.3 Å². The van der Waals surface area contributed by atoms with E-state index in [1.807, 2.05) is 49.9 Å². The van der Waals surface area contributed by atoms with E-state index in [0.717, 1.165) is 42.2 Å². The van der Waals surface area contributed by atoms with E-state index < -0.39 is 0 Å². The summed E-state index contributed by atoms with van der Waals surface area (Å²) in [5.74, 6) is 2.20. The summed E-state index contributed by atoms with van der Waals surface area (Å²) in [4.78, 5) is 16.4. The molecule has 0 spiro atoms. The molecule has 3 heterocycles. The molecule has 1 saturated heterocycles. The number of piperidine rings is 1. The summed E-state index contributed by atoms with van der Waals surface area (Å²) in [5.41, 5.74) is 1.89. The van der Waals surface area contributed by atoms with E-state index in [4.69, 9.17) is 9.26 Å². The molecule has 1 atom stereocenters. The fraction of sp³-hybridized carbons (Fsp3) is 0.579. The lowest BCUT2D eigenvalue weighted by Crippen LogP contribution is -2.44. The average molecular weight is 373 g/mol. The van der Waals surface area contributed by atoms with Gasteiger partial charge in [0.1, 0.15) is 11.9 Å². The number of carbonyl (C=O) groups is 1. The Morgan fingerprint density at radius 2 is 2.15 bits per heavy atom. The van der Waals surface area contributed by atoms with Crippen LogP contribution in [0.5, 0.6) is 5.88 Å². The second-order valence-electron chi connectivity index (χ2n) is 7.15. The van der Waals surface area contributed by atoms with Crippen LogP contribution in [0.25, 0.3) is 0 Å². The fourth-order valence-corrected chi connectivity index (χ4v) is 3.29. The Morgan fingerprint density at radius 3 is 2.78 bits per heavy atom. The van der Waals surface area contributed by atoms with E-state index in [1.165, 1.54) is 0 Å². The molecule has 0 radical (unpaired) electrons. The fourth-order valence-electron chi connectivity index (χ4n) is 3.29. The molecule has 3 rings (SSSR count). The SMILES string of the molecule is Cc1noc(C)c1CCC(=O)N1CCCC(Oc2ccc(N(C)C)nn2)C1. The van der Waals surface area contributed by atoms with Gasteiger partial charge in [0.25, 0.3) is 0 Å². The molecule has 0 bridgehead atoms. The molecule has 8 nitrogen and oxygen atoms in total. The van der Waals surface area contributed by atoms with Crippen LogP contribution in [-0.4, -0.2) is 59.4 Å². The highest BCUT2D eigenvalue weighted by molar-refractivity contribution is 5.76. The van der Waals surface area contributed by atoms with Gasteiger partial charge in [-0.25, -0.2) is 0 Å². The van der Waals surface area contributed by atoms with Crippen LogP contribution < -0.4 is 9.64 Å². The number of anilines is 1. The predicted molar refractivity (Wildman–Crippen MR) is 101 cm³/mol. The average Bonchev–Trinajstić information content (AvgIpc) is 2.98. The molecule has 1 aliphatic rings. The van der Waals surface area contributed by atoms with Crippen LogP contribution in [0.15, 0.2) is 16.7 Å². The maximum absolute atomic E-state index is 12.6. The number of rotatable bonds is 6. The summed E-state index contributed by atoms with van der Waals surface area (Å²) >= 11 is 0. The molecule has 2 aromatic heterocycles. The number of aromatic nitrogens is 3. The summed E-state index contributed by atoms with van der Waals surface area (Å²) in [6.07, 6.45) is 2.88. The zero-order chi connectivity index (χ0) is 19.4. The van der Waals surface area contributed by atoms with Crippen LogP contribution in [0.4, 0.5) is 5.82 Å². The summed E-state index contributed by atoms with van der Waals surface area (Å²) in [7, 11) is 3.83. The minimum absolute atomic E-state index is 0.0544. The van der Waals surface area contributed by atoms with Gasteiger partial charge in [-0.05, 0) is 39.2 Å². The summed E-state index contributed by atoms with van der Waals surface area (Å²) in [5, 5.41) is 12.2. The van der Waals surface area contributed by atoms with Gasteiger partial charge in [-0.3, -0.25) is 4.79 Å². The molecule has 0 N–H and O–H groups in total. The first-order valence-corrected chi connectivity index (χ1v) is 9.31. The molecule has 1 unspecified atom stereocenters. The van der Waals surface area contributed by atoms with Gasteiger partial charge in [-0.15, -0.1) is 10.2 Å². The van der Waals surface area contributed by atoms with E-state index >= 15 is 0 Å². The first-order chi connectivity index (χ1) is 12.9. The van der Waals surface area contributed by atoms with Crippen molar-refractivity contribution in [3.8, 4) is 5.88 Å². The molecule has 1 fully saturated rings. The minimum Gasteiger partial charge on any atom is -0.471 e. The largest absolute Gasteiger partial charge is 0.471 e. The standard InChI is InChI=1S/C19H27N5O3/c1-13-16(14(2)27-22-13)7-10-19(25)24-11-5-6-15(12-24)26-18-9-8-17(20-21-18)23(3)4/h8-9,15H,5-7,10-12H2,1-4H3. The van der Waals surface area contributed by atoms with Gasteiger partial charge in [0.2, 0.25) is 11.8 Å². The van der Waals surface area contributed by atoms with Crippen LogP contribution in [0, 0.1) is 13.8 Å². The van der Waals surface area contributed by atoms with Crippen molar-refractivity contribution in [2.45, 2.75) is 45.6 Å². The van der Waals surface area contributed by atoms with Crippen molar-refractivity contribution < 1.29 is 14.1 Å². The number of nitrogens with zero attached hydrogens (tertiary/aromatic N) is 5. The molecule has 0 aromatic carbocycles. The van der Waals surface area contributed by atoms with E-state index in [9.17, 15) is 4.79 Å².